The number of halogens is 3. The van der Waals surface area contributed by atoms with Gasteiger partial charge in [0.15, 0.2) is 0 Å². The zero-order chi connectivity index (χ0) is 22.0. The number of carbonyl (C=O) groups excluding carboxylic acids is 1. The molecule has 2 aromatic rings. The van der Waals surface area contributed by atoms with Crippen LogP contribution in [0.3, 0.4) is 0 Å². The molecule has 4 rings (SSSR count). The number of fused-ring (bicyclic) bond motifs is 1. The van der Waals surface area contributed by atoms with Crippen LogP contribution in [0.4, 0.5) is 18.9 Å². The van der Waals surface area contributed by atoms with Crippen molar-refractivity contribution in [2.45, 2.75) is 56.0 Å². The van der Waals surface area contributed by atoms with E-state index in [1.807, 2.05) is 0 Å². The van der Waals surface area contributed by atoms with Crippen molar-refractivity contribution in [2.24, 2.45) is 0 Å². The average Bonchev–Trinajstić information content (AvgIpc) is 3.40. The summed E-state index contributed by atoms with van der Waals surface area (Å²) in [5.74, 6) is -0.723. The van der Waals surface area contributed by atoms with Gasteiger partial charge in [-0.3, -0.25) is 9.36 Å². The lowest BCUT2D eigenvalue weighted by atomic mass is 10.1. The number of nitrogens with one attached hydrogen (secondary N) is 1. The maximum absolute atomic E-state index is 13.1. The molecule has 10 heteroatoms. The number of hydrogen-bond donors (Lipinski definition) is 1. The second-order valence-electron chi connectivity index (χ2n) is 7.60. The van der Waals surface area contributed by atoms with E-state index in [0.717, 1.165) is 61.2 Å². The van der Waals surface area contributed by atoms with Crippen molar-refractivity contribution >= 4 is 23.4 Å². The number of alkyl halides is 3. The molecule has 1 amide bonds. The number of nitrogens with zero attached hydrogens (tertiary/aromatic N) is 2. The number of hydrogen-bond acceptors (Lipinski definition) is 5. The summed E-state index contributed by atoms with van der Waals surface area (Å²) in [5.41, 5.74) is 0.322. The van der Waals surface area contributed by atoms with Crippen LogP contribution in [-0.2, 0) is 35.1 Å². The van der Waals surface area contributed by atoms with Crippen LogP contribution >= 0.6 is 11.8 Å². The zero-order valence-electron chi connectivity index (χ0n) is 16.7. The number of para-hydroxylation sites is 1. The van der Waals surface area contributed by atoms with Crippen LogP contribution < -0.4 is 11.0 Å². The molecule has 31 heavy (non-hydrogen) atoms. The Morgan fingerprint density at radius 3 is 2.81 bits per heavy atom. The van der Waals surface area contributed by atoms with Gasteiger partial charge in [-0.25, -0.2) is 4.79 Å². The Morgan fingerprint density at radius 2 is 2.06 bits per heavy atom. The highest BCUT2D eigenvalue weighted by Gasteiger charge is 2.33. The fourth-order valence-corrected chi connectivity index (χ4v) is 4.92. The quantitative estimate of drug-likeness (QED) is 0.534. The lowest BCUT2D eigenvalue weighted by Crippen LogP contribution is -2.31. The summed E-state index contributed by atoms with van der Waals surface area (Å²) in [6, 6.07) is 4.84. The predicted molar refractivity (Wildman–Crippen MR) is 110 cm³/mol. The molecule has 6 nitrogen and oxygen atoms in total. The summed E-state index contributed by atoms with van der Waals surface area (Å²) in [7, 11) is 0. The number of anilines is 1. The third kappa shape index (κ3) is 4.95. The van der Waals surface area contributed by atoms with Crippen LogP contribution in [0.1, 0.15) is 36.1 Å². The highest BCUT2D eigenvalue weighted by Crippen LogP contribution is 2.35. The molecule has 0 saturated carbocycles. The molecule has 1 saturated heterocycles. The van der Waals surface area contributed by atoms with Crippen molar-refractivity contribution < 1.29 is 22.7 Å². The molecule has 1 aliphatic carbocycles. The first kappa shape index (κ1) is 21.9. The van der Waals surface area contributed by atoms with Gasteiger partial charge in [0.25, 0.3) is 0 Å². The molecule has 1 aromatic carbocycles. The van der Waals surface area contributed by atoms with Crippen LogP contribution in [0.2, 0.25) is 0 Å². The van der Waals surface area contributed by atoms with Crippen LogP contribution in [0.5, 0.6) is 0 Å². The van der Waals surface area contributed by atoms with E-state index in [-0.39, 0.29) is 23.2 Å². The Labute approximate surface area is 181 Å². The van der Waals surface area contributed by atoms with Crippen LogP contribution in [-0.4, -0.2) is 33.9 Å². The molecule has 0 radical (unpaired) electrons. The predicted octanol–water partition coefficient (Wildman–Crippen LogP) is 3.66. The van der Waals surface area contributed by atoms with E-state index in [1.165, 1.54) is 18.2 Å². The Morgan fingerprint density at radius 1 is 1.26 bits per heavy atom. The van der Waals surface area contributed by atoms with E-state index in [9.17, 15) is 22.8 Å². The number of ether oxygens (including phenoxy) is 1. The summed E-state index contributed by atoms with van der Waals surface area (Å²) in [6.45, 7) is 1.18. The van der Waals surface area contributed by atoms with E-state index in [2.05, 4.69) is 10.3 Å². The number of rotatable bonds is 6. The number of carbonyl (C=O) groups is 1. The third-order valence-electron chi connectivity index (χ3n) is 5.46. The minimum Gasteiger partial charge on any atom is -0.376 e. The first-order chi connectivity index (χ1) is 14.8. The molecule has 1 aromatic heterocycles. The minimum atomic E-state index is -4.56. The highest BCUT2D eigenvalue weighted by atomic mass is 32.2. The number of thioether (sulfide) groups is 1. The van der Waals surface area contributed by atoms with Gasteiger partial charge in [0, 0.05) is 17.9 Å². The SMILES string of the molecule is O=C(CSc1nc(=O)n(CC2CCCO2)c2c1CCC2)Nc1ccccc1C(F)(F)F. The van der Waals surface area contributed by atoms with Gasteiger partial charge in [0.2, 0.25) is 5.91 Å². The lowest BCUT2D eigenvalue weighted by Gasteiger charge is -2.17. The molecular weight excluding hydrogens is 431 g/mol. The molecule has 1 atom stereocenters. The monoisotopic (exact) mass is 453 g/mol. The Hall–Kier alpha value is -2.33. The van der Waals surface area contributed by atoms with Crippen LogP contribution in [0.25, 0.3) is 0 Å². The van der Waals surface area contributed by atoms with Gasteiger partial charge in [0.1, 0.15) is 5.03 Å². The largest absolute Gasteiger partial charge is 0.418 e. The molecule has 2 heterocycles. The highest BCUT2D eigenvalue weighted by molar-refractivity contribution is 8.00. The third-order valence-corrected chi connectivity index (χ3v) is 6.48. The molecular formula is C21H22F3N3O3S. The Balaban J connectivity index is 1.47. The molecule has 0 bridgehead atoms. The van der Waals surface area contributed by atoms with Gasteiger partial charge in [-0.2, -0.15) is 18.2 Å². The first-order valence-electron chi connectivity index (χ1n) is 10.2. The van der Waals surface area contributed by atoms with E-state index >= 15 is 0 Å². The van der Waals surface area contributed by atoms with Gasteiger partial charge in [-0.05, 0) is 44.2 Å². The maximum atomic E-state index is 13.1. The van der Waals surface area contributed by atoms with Crippen molar-refractivity contribution in [1.82, 2.24) is 9.55 Å². The van der Waals surface area contributed by atoms with Crippen molar-refractivity contribution in [2.75, 3.05) is 17.7 Å². The van der Waals surface area contributed by atoms with E-state index < -0.39 is 17.6 Å². The van der Waals surface area contributed by atoms with Gasteiger partial charge in [-0.1, -0.05) is 23.9 Å². The summed E-state index contributed by atoms with van der Waals surface area (Å²) < 4.78 is 46.7. The minimum absolute atomic E-state index is 0.0159. The fraction of sp³-hybridized carbons (Fsp3) is 0.476. The Kier molecular flexibility index (Phi) is 6.38. The van der Waals surface area contributed by atoms with Gasteiger partial charge >= 0.3 is 11.9 Å². The number of benzene rings is 1. The number of aromatic nitrogens is 2. The maximum Gasteiger partial charge on any atom is 0.418 e. The topological polar surface area (TPSA) is 73.2 Å². The normalized spacial score (nSPS) is 18.2. The van der Waals surface area contributed by atoms with Gasteiger partial charge < -0.3 is 10.1 Å². The molecule has 1 N–H and O–H groups in total. The summed E-state index contributed by atoms with van der Waals surface area (Å²) in [4.78, 5) is 29.1. The number of amides is 1. The molecule has 0 spiro atoms. The second kappa shape index (κ2) is 9.04. The summed E-state index contributed by atoms with van der Waals surface area (Å²) in [5, 5.41) is 2.81. The van der Waals surface area contributed by atoms with E-state index in [1.54, 1.807) is 4.57 Å². The second-order valence-corrected chi connectivity index (χ2v) is 8.57. The molecule has 1 aliphatic heterocycles. The zero-order valence-corrected chi connectivity index (χ0v) is 17.5. The standard InChI is InChI=1S/C21H22F3N3O3S/c22-21(23,24)15-7-1-2-8-16(15)25-18(28)12-31-19-14-6-3-9-17(14)27(20(29)26-19)11-13-5-4-10-30-13/h1-2,7-8,13H,3-6,9-12H2,(H,25,28). The van der Waals surface area contributed by atoms with Crippen molar-refractivity contribution in [3.05, 3.63) is 51.6 Å². The molecule has 166 valence electrons. The smallest absolute Gasteiger partial charge is 0.376 e. The lowest BCUT2D eigenvalue weighted by molar-refractivity contribution is -0.137. The van der Waals surface area contributed by atoms with Crippen molar-refractivity contribution in [3.63, 3.8) is 0 Å². The fourth-order valence-electron chi connectivity index (χ4n) is 4.05. The van der Waals surface area contributed by atoms with Gasteiger partial charge in [0.05, 0.1) is 29.7 Å². The van der Waals surface area contributed by atoms with Gasteiger partial charge in [-0.15, -0.1) is 0 Å². The van der Waals surface area contributed by atoms with Crippen molar-refractivity contribution in [3.8, 4) is 0 Å². The van der Waals surface area contributed by atoms with E-state index in [4.69, 9.17) is 4.74 Å². The molecule has 1 fully saturated rings. The Bertz CT molecular complexity index is 1030. The molecule has 1 unspecified atom stereocenters. The van der Waals surface area contributed by atoms with Crippen LogP contribution in [0, 0.1) is 0 Å². The average molecular weight is 453 g/mol. The van der Waals surface area contributed by atoms with Crippen molar-refractivity contribution in [1.29, 1.82) is 0 Å². The van der Waals surface area contributed by atoms with E-state index in [0.29, 0.717) is 18.2 Å². The summed E-state index contributed by atoms with van der Waals surface area (Å²) in [6.07, 6.45) is -0.236. The first-order valence-corrected chi connectivity index (χ1v) is 11.1. The van der Waals surface area contributed by atoms with Crippen LogP contribution in [0.15, 0.2) is 34.1 Å². The summed E-state index contributed by atoms with van der Waals surface area (Å²) >= 11 is 1.08. The molecule has 2 aliphatic rings.